The Morgan fingerprint density at radius 1 is 0.444 bits per heavy atom. The van der Waals surface area contributed by atoms with Crippen LogP contribution in [-0.4, -0.2) is 12.4 Å². The molecule has 0 saturated carbocycles. The summed E-state index contributed by atoms with van der Waals surface area (Å²) in [6.07, 6.45) is 3.67. The topological polar surface area (TPSA) is 24.7 Å². The standard InChI is InChI=1S/C34H36N2/c1-21-17-27(7)33(29(19-21)31-23(3)11-9-12-24(31)4)35-15-16-36-34-28(8)18-22(2)20-30(34)32-25(5)13-10-14-26(32)6/h9-20H,1-8H3. The molecule has 0 amide bonds. The molecule has 2 nitrogen and oxygen atoms in total. The summed E-state index contributed by atoms with van der Waals surface area (Å²) in [5.41, 5.74) is 16.7. The number of aliphatic imine (C=N–C) groups is 2. The second-order valence-electron chi connectivity index (χ2n) is 10.0. The Morgan fingerprint density at radius 2 is 0.778 bits per heavy atom. The Bertz CT molecular complexity index is 1350. The minimum atomic E-state index is 1.00. The predicted molar refractivity (Wildman–Crippen MR) is 158 cm³/mol. The SMILES string of the molecule is Cc1cc(C)c(N=CC=Nc2c(C)cc(C)cc2-c2c(C)cccc2C)c(-c2c(C)cccc2C)c1. The predicted octanol–water partition coefficient (Wildman–Crippen LogP) is 9.59. The molecule has 0 N–H and O–H groups in total. The highest BCUT2D eigenvalue weighted by Crippen LogP contribution is 2.39. The van der Waals surface area contributed by atoms with Gasteiger partial charge in [0.1, 0.15) is 0 Å². The normalized spacial score (nSPS) is 11.7. The molecule has 36 heavy (non-hydrogen) atoms. The summed E-state index contributed by atoms with van der Waals surface area (Å²) >= 11 is 0. The van der Waals surface area contributed by atoms with Crippen molar-refractivity contribution in [1.29, 1.82) is 0 Å². The van der Waals surface area contributed by atoms with Crippen molar-refractivity contribution in [2.24, 2.45) is 9.98 Å². The van der Waals surface area contributed by atoms with E-state index in [1.807, 2.05) is 12.4 Å². The number of hydrogen-bond donors (Lipinski definition) is 0. The molecular weight excluding hydrogens is 436 g/mol. The summed E-state index contributed by atoms with van der Waals surface area (Å²) in [5, 5.41) is 0. The van der Waals surface area contributed by atoms with Gasteiger partial charge in [-0.15, -0.1) is 0 Å². The van der Waals surface area contributed by atoms with Crippen LogP contribution in [-0.2, 0) is 0 Å². The average molecular weight is 473 g/mol. The fourth-order valence-electron chi connectivity index (χ4n) is 5.34. The Labute approximate surface area is 216 Å². The fourth-order valence-corrected chi connectivity index (χ4v) is 5.34. The highest BCUT2D eigenvalue weighted by atomic mass is 14.8. The Balaban J connectivity index is 1.78. The van der Waals surface area contributed by atoms with Crippen LogP contribution in [0.2, 0.25) is 0 Å². The van der Waals surface area contributed by atoms with Gasteiger partial charge in [0.15, 0.2) is 0 Å². The Kier molecular flexibility index (Phi) is 7.35. The zero-order valence-electron chi connectivity index (χ0n) is 22.8. The molecule has 0 bridgehead atoms. The first-order chi connectivity index (χ1) is 17.2. The van der Waals surface area contributed by atoms with Gasteiger partial charge < -0.3 is 0 Å². The van der Waals surface area contributed by atoms with E-state index in [1.165, 1.54) is 66.8 Å². The van der Waals surface area contributed by atoms with Crippen molar-refractivity contribution in [3.05, 3.63) is 105 Å². The van der Waals surface area contributed by atoms with Gasteiger partial charge in [-0.2, -0.15) is 0 Å². The molecule has 2 heteroatoms. The fraction of sp³-hybridized carbons (Fsp3) is 0.235. The van der Waals surface area contributed by atoms with Crippen molar-refractivity contribution < 1.29 is 0 Å². The molecule has 4 aromatic carbocycles. The lowest BCUT2D eigenvalue weighted by Crippen LogP contribution is -1.93. The number of rotatable bonds is 5. The Hall–Kier alpha value is -3.78. The monoisotopic (exact) mass is 472 g/mol. The van der Waals surface area contributed by atoms with Gasteiger partial charge in [0.2, 0.25) is 0 Å². The first-order valence-corrected chi connectivity index (χ1v) is 12.6. The molecule has 4 rings (SSSR count). The van der Waals surface area contributed by atoms with Crippen LogP contribution in [0.15, 0.2) is 70.6 Å². The molecule has 0 unspecified atom stereocenters. The van der Waals surface area contributed by atoms with Crippen molar-refractivity contribution in [3.63, 3.8) is 0 Å². The molecule has 0 saturated heterocycles. The largest absolute Gasteiger partial charge is 0.254 e. The molecular formula is C34H36N2. The minimum absolute atomic E-state index is 1.00. The van der Waals surface area contributed by atoms with E-state index >= 15 is 0 Å². The molecule has 0 aliphatic heterocycles. The third-order valence-electron chi connectivity index (χ3n) is 6.86. The summed E-state index contributed by atoms with van der Waals surface area (Å²) in [6, 6.07) is 21.8. The molecule has 0 atom stereocenters. The molecule has 0 aliphatic rings. The molecule has 182 valence electrons. The van der Waals surface area contributed by atoms with Gasteiger partial charge in [-0.1, -0.05) is 59.7 Å². The number of nitrogens with zero attached hydrogens (tertiary/aromatic N) is 2. The summed E-state index contributed by atoms with van der Waals surface area (Å²) in [5.74, 6) is 0. The van der Waals surface area contributed by atoms with Gasteiger partial charge in [-0.05, 0) is 112 Å². The van der Waals surface area contributed by atoms with Crippen LogP contribution in [0.3, 0.4) is 0 Å². The number of hydrogen-bond acceptors (Lipinski definition) is 2. The highest BCUT2D eigenvalue weighted by Gasteiger charge is 2.14. The van der Waals surface area contributed by atoms with E-state index in [1.54, 1.807) is 0 Å². The smallest absolute Gasteiger partial charge is 0.0738 e. The lowest BCUT2D eigenvalue weighted by atomic mass is 9.91. The Morgan fingerprint density at radius 3 is 1.11 bits per heavy atom. The molecule has 0 aliphatic carbocycles. The van der Waals surface area contributed by atoms with Crippen molar-refractivity contribution in [2.75, 3.05) is 0 Å². The third-order valence-corrected chi connectivity index (χ3v) is 6.86. The van der Waals surface area contributed by atoms with E-state index in [2.05, 4.69) is 116 Å². The highest BCUT2D eigenvalue weighted by molar-refractivity contribution is 6.18. The molecule has 0 fully saturated rings. The lowest BCUT2D eigenvalue weighted by molar-refractivity contribution is 1.32. The van der Waals surface area contributed by atoms with Crippen molar-refractivity contribution in [3.8, 4) is 22.3 Å². The maximum Gasteiger partial charge on any atom is 0.0738 e. The maximum absolute atomic E-state index is 4.93. The van der Waals surface area contributed by atoms with Gasteiger partial charge in [0.05, 0.1) is 11.4 Å². The van der Waals surface area contributed by atoms with Crippen LogP contribution < -0.4 is 0 Å². The molecule has 0 spiro atoms. The maximum atomic E-state index is 4.93. The summed E-state index contributed by atoms with van der Waals surface area (Å²) in [4.78, 5) is 9.86. The second kappa shape index (κ2) is 10.5. The van der Waals surface area contributed by atoms with E-state index in [4.69, 9.17) is 9.98 Å². The first kappa shape index (κ1) is 25.3. The lowest BCUT2D eigenvalue weighted by Gasteiger charge is -2.16. The molecule has 0 aromatic heterocycles. The van der Waals surface area contributed by atoms with E-state index in [0.717, 1.165) is 11.4 Å². The van der Waals surface area contributed by atoms with E-state index < -0.39 is 0 Å². The molecule has 0 heterocycles. The van der Waals surface area contributed by atoms with Gasteiger partial charge in [0, 0.05) is 23.6 Å². The zero-order valence-corrected chi connectivity index (χ0v) is 22.8. The summed E-state index contributed by atoms with van der Waals surface area (Å²) in [7, 11) is 0. The van der Waals surface area contributed by atoms with Crippen molar-refractivity contribution in [2.45, 2.75) is 55.4 Å². The third kappa shape index (κ3) is 5.09. The average Bonchev–Trinajstić information content (AvgIpc) is 2.79. The quantitative estimate of drug-likeness (QED) is 0.258. The zero-order chi connectivity index (χ0) is 26.0. The van der Waals surface area contributed by atoms with Crippen molar-refractivity contribution in [1.82, 2.24) is 0 Å². The van der Waals surface area contributed by atoms with Crippen LogP contribution in [0.4, 0.5) is 11.4 Å². The number of aryl methyl sites for hydroxylation is 8. The molecule has 4 aromatic rings. The van der Waals surface area contributed by atoms with Crippen LogP contribution in [0.25, 0.3) is 22.3 Å². The van der Waals surface area contributed by atoms with Gasteiger partial charge in [-0.3, -0.25) is 9.98 Å². The van der Waals surface area contributed by atoms with Gasteiger partial charge in [-0.25, -0.2) is 0 Å². The number of benzene rings is 4. The van der Waals surface area contributed by atoms with Crippen LogP contribution in [0, 0.1) is 55.4 Å². The van der Waals surface area contributed by atoms with Gasteiger partial charge >= 0.3 is 0 Å². The van der Waals surface area contributed by atoms with E-state index in [9.17, 15) is 0 Å². The van der Waals surface area contributed by atoms with E-state index in [-0.39, 0.29) is 0 Å². The van der Waals surface area contributed by atoms with Crippen LogP contribution >= 0.6 is 0 Å². The second-order valence-corrected chi connectivity index (χ2v) is 10.0. The minimum Gasteiger partial charge on any atom is -0.254 e. The summed E-state index contributed by atoms with van der Waals surface area (Å²) < 4.78 is 0. The summed E-state index contributed by atoms with van der Waals surface area (Å²) in [6.45, 7) is 17.2. The van der Waals surface area contributed by atoms with Gasteiger partial charge in [0.25, 0.3) is 0 Å². The molecule has 0 radical (unpaired) electrons. The van der Waals surface area contributed by atoms with Crippen LogP contribution in [0.1, 0.15) is 44.5 Å². The first-order valence-electron chi connectivity index (χ1n) is 12.6. The van der Waals surface area contributed by atoms with E-state index in [0.29, 0.717) is 0 Å². The van der Waals surface area contributed by atoms with Crippen molar-refractivity contribution >= 4 is 23.8 Å². The van der Waals surface area contributed by atoms with Crippen LogP contribution in [0.5, 0.6) is 0 Å².